The van der Waals surface area contributed by atoms with Gasteiger partial charge in [0.15, 0.2) is 0 Å². The first kappa shape index (κ1) is 15.4. The Hall–Kier alpha value is -0.970. The number of ether oxygens (including phenoxy) is 1. The van der Waals surface area contributed by atoms with E-state index < -0.39 is 0 Å². The molecule has 1 aliphatic carbocycles. The summed E-state index contributed by atoms with van der Waals surface area (Å²) in [6.07, 6.45) is 2.52. The molecule has 1 heterocycles. The van der Waals surface area contributed by atoms with Crippen LogP contribution in [-0.4, -0.2) is 42.2 Å². The quantitative estimate of drug-likeness (QED) is 0.789. The lowest BCUT2D eigenvalue weighted by atomic mass is 9.91. The van der Waals surface area contributed by atoms with Gasteiger partial charge in [0.25, 0.3) is 0 Å². The SMILES string of the molecule is CCN(Cc1cccc(C)n1)C(CN)(COC)C1CC1. The number of aromatic nitrogens is 1. The molecular weight excluding hydrogens is 250 g/mol. The minimum absolute atomic E-state index is 0.0328. The molecule has 1 aromatic rings. The molecule has 0 aliphatic heterocycles. The third kappa shape index (κ3) is 3.19. The van der Waals surface area contributed by atoms with Gasteiger partial charge in [-0.05, 0) is 44.4 Å². The monoisotopic (exact) mass is 277 g/mol. The minimum atomic E-state index is -0.0328. The summed E-state index contributed by atoms with van der Waals surface area (Å²) in [7, 11) is 1.77. The zero-order chi connectivity index (χ0) is 14.6. The molecule has 20 heavy (non-hydrogen) atoms. The Morgan fingerprint density at radius 2 is 2.20 bits per heavy atom. The van der Waals surface area contributed by atoms with Crippen LogP contribution in [0.2, 0.25) is 0 Å². The summed E-state index contributed by atoms with van der Waals surface area (Å²) in [4.78, 5) is 7.08. The van der Waals surface area contributed by atoms with Crippen molar-refractivity contribution in [3.8, 4) is 0 Å². The van der Waals surface area contributed by atoms with Gasteiger partial charge in [-0.15, -0.1) is 0 Å². The molecule has 1 aliphatic rings. The zero-order valence-corrected chi connectivity index (χ0v) is 12.9. The van der Waals surface area contributed by atoms with E-state index in [0.29, 0.717) is 19.1 Å². The van der Waals surface area contributed by atoms with Crippen LogP contribution in [0, 0.1) is 12.8 Å². The number of likely N-dealkylation sites (N-methyl/N-ethyl adjacent to an activating group) is 1. The molecule has 112 valence electrons. The van der Waals surface area contributed by atoms with Crippen LogP contribution in [0.15, 0.2) is 18.2 Å². The fourth-order valence-electron chi connectivity index (χ4n) is 3.16. The second-order valence-corrected chi connectivity index (χ2v) is 5.80. The van der Waals surface area contributed by atoms with Crippen LogP contribution in [-0.2, 0) is 11.3 Å². The van der Waals surface area contributed by atoms with Gasteiger partial charge in [-0.25, -0.2) is 0 Å². The molecule has 0 saturated heterocycles. The van der Waals surface area contributed by atoms with Crippen molar-refractivity contribution in [1.29, 1.82) is 0 Å². The van der Waals surface area contributed by atoms with E-state index in [1.54, 1.807) is 7.11 Å². The van der Waals surface area contributed by atoms with Crippen molar-refractivity contribution in [3.05, 3.63) is 29.6 Å². The van der Waals surface area contributed by atoms with E-state index >= 15 is 0 Å². The van der Waals surface area contributed by atoms with Gasteiger partial charge in [-0.1, -0.05) is 13.0 Å². The van der Waals surface area contributed by atoms with Crippen molar-refractivity contribution in [3.63, 3.8) is 0 Å². The van der Waals surface area contributed by atoms with Crippen molar-refractivity contribution < 1.29 is 4.74 Å². The minimum Gasteiger partial charge on any atom is -0.383 e. The van der Waals surface area contributed by atoms with Crippen LogP contribution in [0.1, 0.15) is 31.2 Å². The first-order valence-electron chi connectivity index (χ1n) is 7.53. The Balaban J connectivity index is 2.19. The Morgan fingerprint density at radius 1 is 1.45 bits per heavy atom. The number of pyridine rings is 1. The fourth-order valence-corrected chi connectivity index (χ4v) is 3.16. The van der Waals surface area contributed by atoms with Crippen LogP contribution in [0.4, 0.5) is 0 Å². The third-order valence-electron chi connectivity index (χ3n) is 4.40. The van der Waals surface area contributed by atoms with Gasteiger partial charge in [0.1, 0.15) is 0 Å². The highest BCUT2D eigenvalue weighted by atomic mass is 16.5. The van der Waals surface area contributed by atoms with E-state index in [2.05, 4.69) is 28.9 Å². The summed E-state index contributed by atoms with van der Waals surface area (Å²) in [6.45, 7) is 7.38. The molecule has 1 unspecified atom stereocenters. The Morgan fingerprint density at radius 3 is 2.70 bits per heavy atom. The molecule has 1 atom stereocenters. The van der Waals surface area contributed by atoms with Gasteiger partial charge in [0.05, 0.1) is 17.8 Å². The summed E-state index contributed by atoms with van der Waals surface area (Å²) in [5.41, 5.74) is 8.30. The number of nitrogens with two attached hydrogens (primary N) is 1. The first-order valence-corrected chi connectivity index (χ1v) is 7.53. The Bertz CT molecular complexity index is 433. The average Bonchev–Trinajstić information content (AvgIpc) is 3.27. The number of hydrogen-bond donors (Lipinski definition) is 1. The Labute approximate surface area is 122 Å². The van der Waals surface area contributed by atoms with Crippen molar-refractivity contribution in [1.82, 2.24) is 9.88 Å². The highest BCUT2D eigenvalue weighted by Crippen LogP contribution is 2.43. The summed E-state index contributed by atoms with van der Waals surface area (Å²) in [5, 5.41) is 0. The largest absolute Gasteiger partial charge is 0.383 e. The Kier molecular flexibility index (Phi) is 5.13. The molecular formula is C16H27N3O. The topological polar surface area (TPSA) is 51.4 Å². The maximum Gasteiger partial charge on any atom is 0.0661 e. The van der Waals surface area contributed by atoms with Gasteiger partial charge in [-0.2, -0.15) is 0 Å². The highest BCUT2D eigenvalue weighted by Gasteiger charge is 2.48. The van der Waals surface area contributed by atoms with Crippen LogP contribution >= 0.6 is 0 Å². The summed E-state index contributed by atoms with van der Waals surface area (Å²) < 4.78 is 5.50. The van der Waals surface area contributed by atoms with E-state index in [9.17, 15) is 0 Å². The molecule has 0 bridgehead atoms. The van der Waals surface area contributed by atoms with Crippen LogP contribution in [0.5, 0.6) is 0 Å². The lowest BCUT2D eigenvalue weighted by Crippen LogP contribution is -2.58. The molecule has 1 saturated carbocycles. The second kappa shape index (κ2) is 6.66. The van der Waals surface area contributed by atoms with Gasteiger partial charge < -0.3 is 10.5 Å². The normalized spacial score (nSPS) is 18.2. The molecule has 0 amide bonds. The predicted octanol–water partition coefficient (Wildman–Crippen LogP) is 1.97. The number of hydrogen-bond acceptors (Lipinski definition) is 4. The summed E-state index contributed by atoms with van der Waals surface area (Å²) >= 11 is 0. The molecule has 2 N–H and O–H groups in total. The standard InChI is InChI=1S/C16H27N3O/c1-4-19(10-15-7-5-6-13(2)18-15)16(11-17,12-20-3)14-8-9-14/h5-7,14H,4,8-12,17H2,1-3H3. The van der Waals surface area contributed by atoms with E-state index in [1.807, 2.05) is 13.0 Å². The van der Waals surface area contributed by atoms with Crippen LogP contribution in [0.25, 0.3) is 0 Å². The first-order chi connectivity index (χ1) is 9.66. The van der Waals surface area contributed by atoms with Crippen molar-refractivity contribution in [2.45, 2.75) is 38.8 Å². The fraction of sp³-hybridized carbons (Fsp3) is 0.688. The maximum atomic E-state index is 6.15. The van der Waals surface area contributed by atoms with E-state index in [-0.39, 0.29) is 5.54 Å². The molecule has 4 heteroatoms. The smallest absolute Gasteiger partial charge is 0.0661 e. The van der Waals surface area contributed by atoms with Gasteiger partial charge in [0, 0.05) is 25.9 Å². The molecule has 2 rings (SSSR count). The third-order valence-corrected chi connectivity index (χ3v) is 4.40. The van der Waals surface area contributed by atoms with Gasteiger partial charge >= 0.3 is 0 Å². The lowest BCUT2D eigenvalue weighted by molar-refractivity contribution is -0.00378. The van der Waals surface area contributed by atoms with Crippen molar-refractivity contribution >= 4 is 0 Å². The van der Waals surface area contributed by atoms with E-state index in [4.69, 9.17) is 10.5 Å². The van der Waals surface area contributed by atoms with Gasteiger partial charge in [-0.3, -0.25) is 9.88 Å². The maximum absolute atomic E-state index is 6.15. The molecule has 0 aromatic carbocycles. The van der Waals surface area contributed by atoms with Crippen molar-refractivity contribution in [2.24, 2.45) is 11.7 Å². The number of nitrogens with zero attached hydrogens (tertiary/aromatic N) is 2. The number of rotatable bonds is 8. The van der Waals surface area contributed by atoms with Crippen LogP contribution in [0.3, 0.4) is 0 Å². The molecule has 0 spiro atoms. The molecule has 4 nitrogen and oxygen atoms in total. The number of aryl methyl sites for hydroxylation is 1. The number of methoxy groups -OCH3 is 1. The summed E-state index contributed by atoms with van der Waals surface area (Å²) in [6, 6.07) is 6.20. The van der Waals surface area contributed by atoms with Gasteiger partial charge in [0.2, 0.25) is 0 Å². The van der Waals surface area contributed by atoms with E-state index in [0.717, 1.165) is 24.5 Å². The average molecular weight is 277 g/mol. The van der Waals surface area contributed by atoms with Crippen LogP contribution < -0.4 is 5.73 Å². The molecule has 1 fully saturated rings. The lowest BCUT2D eigenvalue weighted by Gasteiger charge is -2.43. The van der Waals surface area contributed by atoms with Crippen molar-refractivity contribution in [2.75, 3.05) is 26.8 Å². The highest BCUT2D eigenvalue weighted by molar-refractivity contribution is 5.12. The van der Waals surface area contributed by atoms with E-state index in [1.165, 1.54) is 12.8 Å². The predicted molar refractivity (Wildman–Crippen MR) is 81.4 cm³/mol. The molecule has 1 aromatic heterocycles. The second-order valence-electron chi connectivity index (χ2n) is 5.80. The summed E-state index contributed by atoms with van der Waals surface area (Å²) in [5.74, 6) is 0.664. The molecule has 0 radical (unpaired) electrons. The zero-order valence-electron chi connectivity index (χ0n) is 12.9.